The van der Waals surface area contributed by atoms with Gasteiger partial charge in [0, 0.05) is 0 Å². The standard InChI is InChI=1S/C10H13NO.C2H6/c1-6-4-7(2)10-9(5-6)12-8(3)11-10;1-2/h4-5,8-9H,1-3H3;1-2H3. The molecule has 0 bridgehead atoms. The SMILES string of the molecule is CC.CC1=CC2OC(C)N=C2C(C)=C1. The molecule has 2 nitrogen and oxygen atoms in total. The molecular weight excluding hydrogens is 174 g/mol. The van der Waals surface area contributed by atoms with Crippen molar-refractivity contribution in [1.82, 2.24) is 0 Å². The molecular formula is C12H19NO. The molecule has 14 heavy (non-hydrogen) atoms. The van der Waals surface area contributed by atoms with E-state index in [1.165, 1.54) is 11.1 Å². The van der Waals surface area contributed by atoms with E-state index in [-0.39, 0.29) is 12.3 Å². The van der Waals surface area contributed by atoms with Crippen molar-refractivity contribution in [3.8, 4) is 0 Å². The molecule has 0 spiro atoms. The predicted octanol–water partition coefficient (Wildman–Crippen LogP) is 3.10. The zero-order chi connectivity index (χ0) is 10.7. The van der Waals surface area contributed by atoms with Crippen molar-refractivity contribution >= 4 is 5.71 Å². The van der Waals surface area contributed by atoms with Gasteiger partial charge in [0.1, 0.15) is 12.3 Å². The number of aliphatic imine (C=N–C) groups is 1. The van der Waals surface area contributed by atoms with Gasteiger partial charge in [-0.3, -0.25) is 4.99 Å². The van der Waals surface area contributed by atoms with Crippen molar-refractivity contribution in [2.24, 2.45) is 4.99 Å². The number of allylic oxidation sites excluding steroid dienone is 2. The zero-order valence-corrected chi connectivity index (χ0v) is 9.66. The molecule has 0 N–H and O–H groups in total. The number of ether oxygens (including phenoxy) is 1. The first kappa shape index (κ1) is 11.2. The lowest BCUT2D eigenvalue weighted by molar-refractivity contribution is 0.0862. The van der Waals surface area contributed by atoms with Crippen LogP contribution in [0, 0.1) is 0 Å². The van der Waals surface area contributed by atoms with E-state index in [9.17, 15) is 0 Å². The summed E-state index contributed by atoms with van der Waals surface area (Å²) in [6, 6.07) is 0. The van der Waals surface area contributed by atoms with Crippen LogP contribution in [0.4, 0.5) is 0 Å². The van der Waals surface area contributed by atoms with Gasteiger partial charge in [0.2, 0.25) is 0 Å². The molecule has 2 aliphatic rings. The third kappa shape index (κ3) is 2.13. The molecule has 2 heteroatoms. The average molecular weight is 193 g/mol. The maximum atomic E-state index is 5.59. The molecule has 2 atom stereocenters. The van der Waals surface area contributed by atoms with Crippen LogP contribution in [0.5, 0.6) is 0 Å². The minimum absolute atomic E-state index is 0.0236. The Kier molecular flexibility index (Phi) is 3.64. The monoisotopic (exact) mass is 193 g/mol. The van der Waals surface area contributed by atoms with Crippen molar-refractivity contribution in [1.29, 1.82) is 0 Å². The largest absolute Gasteiger partial charge is 0.343 e. The number of hydrogen-bond donors (Lipinski definition) is 0. The van der Waals surface area contributed by atoms with Crippen LogP contribution < -0.4 is 0 Å². The second-order valence-electron chi connectivity index (χ2n) is 3.41. The molecule has 1 aliphatic carbocycles. The van der Waals surface area contributed by atoms with Gasteiger partial charge in [-0.05, 0) is 32.4 Å². The summed E-state index contributed by atoms with van der Waals surface area (Å²) in [5.74, 6) is 0. The highest BCUT2D eigenvalue weighted by molar-refractivity contribution is 6.06. The van der Waals surface area contributed by atoms with Gasteiger partial charge >= 0.3 is 0 Å². The van der Waals surface area contributed by atoms with Crippen LogP contribution in [-0.2, 0) is 4.74 Å². The summed E-state index contributed by atoms with van der Waals surface area (Å²) in [7, 11) is 0. The van der Waals surface area contributed by atoms with Crippen molar-refractivity contribution in [2.45, 2.75) is 47.0 Å². The molecule has 0 aromatic carbocycles. The Morgan fingerprint density at radius 3 is 2.57 bits per heavy atom. The molecule has 0 aromatic rings. The van der Waals surface area contributed by atoms with Crippen molar-refractivity contribution in [3.05, 3.63) is 23.3 Å². The van der Waals surface area contributed by atoms with Crippen molar-refractivity contribution in [2.75, 3.05) is 0 Å². The van der Waals surface area contributed by atoms with E-state index >= 15 is 0 Å². The molecule has 1 aliphatic heterocycles. The first-order valence-corrected chi connectivity index (χ1v) is 5.27. The van der Waals surface area contributed by atoms with Gasteiger partial charge in [0.25, 0.3) is 0 Å². The fraction of sp³-hybridized carbons (Fsp3) is 0.583. The summed E-state index contributed by atoms with van der Waals surface area (Å²) >= 11 is 0. The minimum Gasteiger partial charge on any atom is -0.343 e. The third-order valence-electron chi connectivity index (χ3n) is 2.20. The third-order valence-corrected chi connectivity index (χ3v) is 2.20. The first-order chi connectivity index (χ1) is 6.66. The van der Waals surface area contributed by atoms with Gasteiger partial charge in [0.15, 0.2) is 0 Å². The van der Waals surface area contributed by atoms with E-state index < -0.39 is 0 Å². The van der Waals surface area contributed by atoms with Crippen LogP contribution in [0.3, 0.4) is 0 Å². The Morgan fingerprint density at radius 2 is 1.93 bits per heavy atom. The molecule has 2 unspecified atom stereocenters. The number of rotatable bonds is 0. The van der Waals surface area contributed by atoms with E-state index in [2.05, 4.69) is 31.0 Å². The molecule has 0 radical (unpaired) electrons. The Balaban J connectivity index is 0.000000461. The molecule has 2 rings (SSSR count). The van der Waals surface area contributed by atoms with Gasteiger partial charge in [-0.25, -0.2) is 0 Å². The average Bonchev–Trinajstić information content (AvgIpc) is 2.49. The summed E-state index contributed by atoms with van der Waals surface area (Å²) in [6.07, 6.45) is 4.41. The van der Waals surface area contributed by atoms with E-state index in [1.54, 1.807) is 0 Å². The van der Waals surface area contributed by atoms with E-state index in [0.29, 0.717) is 0 Å². The van der Waals surface area contributed by atoms with Gasteiger partial charge in [-0.15, -0.1) is 0 Å². The number of nitrogens with zero attached hydrogens (tertiary/aromatic N) is 1. The maximum Gasteiger partial charge on any atom is 0.147 e. The highest BCUT2D eigenvalue weighted by Crippen LogP contribution is 2.24. The summed E-state index contributed by atoms with van der Waals surface area (Å²) in [5, 5.41) is 0. The highest BCUT2D eigenvalue weighted by atomic mass is 16.5. The molecule has 0 aromatic heterocycles. The van der Waals surface area contributed by atoms with Gasteiger partial charge in [0.05, 0.1) is 5.71 Å². The van der Waals surface area contributed by atoms with Crippen LogP contribution in [0.1, 0.15) is 34.6 Å². The molecule has 1 heterocycles. The Morgan fingerprint density at radius 1 is 1.29 bits per heavy atom. The van der Waals surface area contributed by atoms with E-state index in [4.69, 9.17) is 4.74 Å². The lowest BCUT2D eigenvalue weighted by Gasteiger charge is -2.14. The zero-order valence-electron chi connectivity index (χ0n) is 9.66. The quantitative estimate of drug-likeness (QED) is 0.579. The van der Waals surface area contributed by atoms with Crippen LogP contribution in [0.15, 0.2) is 28.3 Å². The van der Waals surface area contributed by atoms with Gasteiger partial charge in [-0.1, -0.05) is 25.5 Å². The van der Waals surface area contributed by atoms with E-state index in [1.807, 2.05) is 20.8 Å². The Bertz CT molecular complexity index is 299. The van der Waals surface area contributed by atoms with E-state index in [0.717, 1.165) is 5.71 Å². The fourth-order valence-electron chi connectivity index (χ4n) is 1.72. The highest BCUT2D eigenvalue weighted by Gasteiger charge is 2.27. The molecule has 0 saturated heterocycles. The summed E-state index contributed by atoms with van der Waals surface area (Å²) in [6.45, 7) is 10.2. The second kappa shape index (κ2) is 4.56. The van der Waals surface area contributed by atoms with Crippen LogP contribution in [-0.4, -0.2) is 18.0 Å². The minimum atomic E-state index is 0.0236. The lowest BCUT2D eigenvalue weighted by atomic mass is 9.97. The number of hydrogen-bond acceptors (Lipinski definition) is 2. The molecule has 0 saturated carbocycles. The van der Waals surface area contributed by atoms with Crippen molar-refractivity contribution in [3.63, 3.8) is 0 Å². The van der Waals surface area contributed by atoms with Crippen LogP contribution in [0.25, 0.3) is 0 Å². The Hall–Kier alpha value is -0.890. The van der Waals surface area contributed by atoms with Crippen molar-refractivity contribution < 1.29 is 4.74 Å². The maximum absolute atomic E-state index is 5.59. The normalized spacial score (nSPS) is 29.4. The first-order valence-electron chi connectivity index (χ1n) is 5.27. The molecule has 78 valence electrons. The van der Waals surface area contributed by atoms with Crippen LogP contribution >= 0.6 is 0 Å². The fourth-order valence-corrected chi connectivity index (χ4v) is 1.72. The second-order valence-corrected chi connectivity index (χ2v) is 3.41. The molecule has 0 fully saturated rings. The Labute approximate surface area is 86.4 Å². The summed E-state index contributed by atoms with van der Waals surface area (Å²) in [5.41, 5.74) is 3.61. The van der Waals surface area contributed by atoms with Crippen LogP contribution in [0.2, 0.25) is 0 Å². The predicted molar refractivity (Wildman–Crippen MR) is 60.6 cm³/mol. The van der Waals surface area contributed by atoms with Gasteiger partial charge < -0.3 is 4.74 Å². The molecule has 0 amide bonds. The topological polar surface area (TPSA) is 21.6 Å². The number of fused-ring (bicyclic) bond motifs is 1. The van der Waals surface area contributed by atoms with Gasteiger partial charge in [-0.2, -0.15) is 0 Å². The smallest absolute Gasteiger partial charge is 0.147 e. The lowest BCUT2D eigenvalue weighted by Crippen LogP contribution is -2.20. The summed E-state index contributed by atoms with van der Waals surface area (Å²) in [4.78, 5) is 4.41. The summed E-state index contributed by atoms with van der Waals surface area (Å²) < 4.78 is 5.59.